The second-order valence-electron chi connectivity index (χ2n) is 3.19. The summed E-state index contributed by atoms with van der Waals surface area (Å²) in [6.07, 6.45) is 2.89. The van der Waals surface area contributed by atoms with Gasteiger partial charge in [0.15, 0.2) is 0 Å². The molecule has 58 valence electrons. The lowest BCUT2D eigenvalue weighted by molar-refractivity contribution is -0.109. The smallest absolute Gasteiger partial charge is 0.136 e. The van der Waals surface area contributed by atoms with Gasteiger partial charge in [0.05, 0.1) is 6.04 Å². The predicted molar refractivity (Wildman–Crippen MR) is 39.7 cm³/mol. The average molecular weight is 142 g/mol. The molecular formula is C7H14N2O. The highest BCUT2D eigenvalue weighted by Gasteiger charge is 2.32. The molecule has 3 nitrogen and oxygen atoms in total. The van der Waals surface area contributed by atoms with Crippen LogP contribution in [0.1, 0.15) is 19.8 Å². The van der Waals surface area contributed by atoms with Gasteiger partial charge in [-0.05, 0) is 19.8 Å². The molecular weight excluding hydrogens is 128 g/mol. The lowest BCUT2D eigenvalue weighted by atomic mass is 10.0. The van der Waals surface area contributed by atoms with Crippen LogP contribution >= 0.6 is 0 Å². The summed E-state index contributed by atoms with van der Waals surface area (Å²) in [7, 11) is 0. The molecule has 1 aliphatic rings. The van der Waals surface area contributed by atoms with Gasteiger partial charge in [-0.3, -0.25) is 0 Å². The Kier molecular flexibility index (Phi) is 2.06. The van der Waals surface area contributed by atoms with E-state index in [9.17, 15) is 4.79 Å². The molecule has 10 heavy (non-hydrogen) atoms. The number of nitrogens with two attached hydrogens (primary N) is 1. The van der Waals surface area contributed by atoms with Gasteiger partial charge in [-0.2, -0.15) is 0 Å². The van der Waals surface area contributed by atoms with Crippen LogP contribution in [0.25, 0.3) is 0 Å². The zero-order chi connectivity index (χ0) is 7.61. The molecule has 0 bridgehead atoms. The van der Waals surface area contributed by atoms with Gasteiger partial charge in [-0.1, -0.05) is 0 Å². The molecule has 1 rings (SSSR count). The van der Waals surface area contributed by atoms with Crippen LogP contribution in [0.2, 0.25) is 0 Å². The highest BCUT2D eigenvalue weighted by molar-refractivity contribution is 5.58. The molecule has 0 spiro atoms. The number of aldehydes is 1. The lowest BCUT2D eigenvalue weighted by Crippen LogP contribution is -2.46. The van der Waals surface area contributed by atoms with E-state index >= 15 is 0 Å². The Morgan fingerprint density at radius 2 is 2.60 bits per heavy atom. The monoisotopic (exact) mass is 142 g/mol. The van der Waals surface area contributed by atoms with Gasteiger partial charge in [0.2, 0.25) is 0 Å². The summed E-state index contributed by atoms with van der Waals surface area (Å²) in [4.78, 5) is 10.3. The number of hydrogen-bond acceptors (Lipinski definition) is 3. The highest BCUT2D eigenvalue weighted by atomic mass is 16.1. The molecule has 0 aliphatic carbocycles. The standard InChI is InChI=1S/C7H14N2O/c1-7(5-8)3-2-6(4-10)9-7/h4,6,9H,2-3,5,8H2,1H3. The zero-order valence-corrected chi connectivity index (χ0v) is 6.26. The molecule has 2 atom stereocenters. The number of hydrogen-bond donors (Lipinski definition) is 2. The first-order valence-electron chi connectivity index (χ1n) is 3.63. The minimum Gasteiger partial charge on any atom is -0.329 e. The molecule has 3 heteroatoms. The van der Waals surface area contributed by atoms with Crippen LogP contribution in [-0.2, 0) is 4.79 Å². The van der Waals surface area contributed by atoms with Crippen LogP contribution < -0.4 is 11.1 Å². The lowest BCUT2D eigenvalue weighted by Gasteiger charge is -2.22. The van der Waals surface area contributed by atoms with Gasteiger partial charge in [-0.25, -0.2) is 0 Å². The second-order valence-corrected chi connectivity index (χ2v) is 3.19. The Balaban J connectivity index is 2.48. The largest absolute Gasteiger partial charge is 0.329 e. The molecule has 1 saturated heterocycles. The Labute approximate surface area is 61.0 Å². The van der Waals surface area contributed by atoms with E-state index in [-0.39, 0.29) is 11.6 Å². The fourth-order valence-electron chi connectivity index (χ4n) is 1.33. The molecule has 0 saturated carbocycles. The number of nitrogens with one attached hydrogen (secondary N) is 1. The summed E-state index contributed by atoms with van der Waals surface area (Å²) in [5.74, 6) is 0. The van der Waals surface area contributed by atoms with E-state index in [0.717, 1.165) is 19.1 Å². The Morgan fingerprint density at radius 3 is 2.90 bits per heavy atom. The van der Waals surface area contributed by atoms with Crippen LogP contribution in [0, 0.1) is 0 Å². The first-order chi connectivity index (χ1) is 4.70. The maximum absolute atomic E-state index is 10.3. The van der Waals surface area contributed by atoms with Crippen molar-refractivity contribution in [3.63, 3.8) is 0 Å². The Morgan fingerprint density at radius 1 is 1.90 bits per heavy atom. The first-order valence-corrected chi connectivity index (χ1v) is 3.63. The van der Waals surface area contributed by atoms with Crippen molar-refractivity contribution < 1.29 is 4.79 Å². The van der Waals surface area contributed by atoms with E-state index in [2.05, 4.69) is 12.2 Å². The van der Waals surface area contributed by atoms with E-state index in [1.165, 1.54) is 0 Å². The van der Waals surface area contributed by atoms with Crippen molar-refractivity contribution in [3.05, 3.63) is 0 Å². The van der Waals surface area contributed by atoms with Crippen LogP contribution in [0.4, 0.5) is 0 Å². The van der Waals surface area contributed by atoms with Gasteiger partial charge >= 0.3 is 0 Å². The van der Waals surface area contributed by atoms with Crippen molar-refractivity contribution in [1.29, 1.82) is 0 Å². The fraction of sp³-hybridized carbons (Fsp3) is 0.857. The predicted octanol–water partition coefficient (Wildman–Crippen LogP) is -0.345. The van der Waals surface area contributed by atoms with Crippen LogP contribution in [-0.4, -0.2) is 24.4 Å². The van der Waals surface area contributed by atoms with Gasteiger partial charge in [0.25, 0.3) is 0 Å². The number of carbonyl (C=O) groups excluding carboxylic acids is 1. The molecule has 0 radical (unpaired) electrons. The van der Waals surface area contributed by atoms with Gasteiger partial charge in [-0.15, -0.1) is 0 Å². The van der Waals surface area contributed by atoms with Crippen LogP contribution in [0.5, 0.6) is 0 Å². The topological polar surface area (TPSA) is 55.1 Å². The second kappa shape index (κ2) is 2.68. The third-order valence-electron chi connectivity index (χ3n) is 2.16. The zero-order valence-electron chi connectivity index (χ0n) is 6.26. The minimum atomic E-state index is 0.00553. The van der Waals surface area contributed by atoms with Gasteiger partial charge < -0.3 is 15.8 Å². The fourth-order valence-corrected chi connectivity index (χ4v) is 1.33. The molecule has 1 aliphatic heterocycles. The minimum absolute atomic E-state index is 0.00553. The Hall–Kier alpha value is -0.410. The number of rotatable bonds is 2. The number of carbonyl (C=O) groups is 1. The molecule has 0 aromatic rings. The van der Waals surface area contributed by atoms with Crippen molar-refractivity contribution in [2.75, 3.05) is 6.54 Å². The van der Waals surface area contributed by atoms with Crippen molar-refractivity contribution in [2.45, 2.75) is 31.3 Å². The van der Waals surface area contributed by atoms with E-state index in [0.29, 0.717) is 6.54 Å². The normalized spacial score (nSPS) is 40.0. The summed E-state index contributed by atoms with van der Waals surface area (Å²) < 4.78 is 0. The maximum atomic E-state index is 10.3. The maximum Gasteiger partial charge on any atom is 0.136 e. The molecule has 0 amide bonds. The highest BCUT2D eigenvalue weighted by Crippen LogP contribution is 2.20. The summed E-state index contributed by atoms with van der Waals surface area (Å²) >= 11 is 0. The molecule has 0 aromatic carbocycles. The quantitative estimate of drug-likeness (QED) is 0.518. The van der Waals surface area contributed by atoms with E-state index in [4.69, 9.17) is 5.73 Å². The van der Waals surface area contributed by atoms with Gasteiger partial charge in [0.1, 0.15) is 6.29 Å². The van der Waals surface area contributed by atoms with Crippen LogP contribution in [0.3, 0.4) is 0 Å². The van der Waals surface area contributed by atoms with E-state index < -0.39 is 0 Å². The molecule has 1 fully saturated rings. The Bertz CT molecular complexity index is 138. The summed E-state index contributed by atoms with van der Waals surface area (Å²) in [5, 5.41) is 3.17. The molecule has 1 heterocycles. The van der Waals surface area contributed by atoms with Crippen molar-refractivity contribution >= 4 is 6.29 Å². The van der Waals surface area contributed by atoms with E-state index in [1.807, 2.05) is 0 Å². The van der Waals surface area contributed by atoms with Crippen molar-refractivity contribution in [1.82, 2.24) is 5.32 Å². The van der Waals surface area contributed by atoms with E-state index in [1.54, 1.807) is 0 Å². The van der Waals surface area contributed by atoms with Crippen LogP contribution in [0.15, 0.2) is 0 Å². The summed E-state index contributed by atoms with van der Waals surface area (Å²) in [6, 6.07) is 0.0357. The third kappa shape index (κ3) is 1.36. The first kappa shape index (κ1) is 7.69. The summed E-state index contributed by atoms with van der Waals surface area (Å²) in [5.41, 5.74) is 5.51. The average Bonchev–Trinajstić information content (AvgIpc) is 2.33. The van der Waals surface area contributed by atoms with Crippen molar-refractivity contribution in [3.8, 4) is 0 Å². The third-order valence-corrected chi connectivity index (χ3v) is 2.16. The molecule has 2 unspecified atom stereocenters. The molecule has 3 N–H and O–H groups in total. The summed E-state index contributed by atoms with van der Waals surface area (Å²) in [6.45, 7) is 2.66. The van der Waals surface area contributed by atoms with Gasteiger partial charge in [0, 0.05) is 12.1 Å². The van der Waals surface area contributed by atoms with Crippen molar-refractivity contribution in [2.24, 2.45) is 5.73 Å². The SMILES string of the molecule is CC1(CN)CCC(C=O)N1. The molecule has 0 aromatic heterocycles.